The number of benzene rings is 2. The summed E-state index contributed by atoms with van der Waals surface area (Å²) in [5, 5.41) is 23.9. The molecule has 8 heteroatoms. The lowest BCUT2D eigenvalue weighted by atomic mass is 9.48. The molecule has 5 atom stereocenters. The van der Waals surface area contributed by atoms with E-state index in [0.717, 1.165) is 36.1 Å². The Kier molecular flexibility index (Phi) is 4.96. The number of hydrogen-bond donors (Lipinski definition) is 2. The summed E-state index contributed by atoms with van der Waals surface area (Å²) in [6, 6.07) is 8.65. The molecule has 2 fully saturated rings. The first kappa shape index (κ1) is 22.5. The van der Waals surface area contributed by atoms with Gasteiger partial charge in [-0.2, -0.15) is 0 Å². The van der Waals surface area contributed by atoms with Crippen molar-refractivity contribution in [2.45, 2.75) is 61.3 Å². The summed E-state index contributed by atoms with van der Waals surface area (Å²) in [4.78, 5) is 17.4. The van der Waals surface area contributed by atoms with Crippen molar-refractivity contribution in [1.82, 2.24) is 9.80 Å². The van der Waals surface area contributed by atoms with Crippen LogP contribution in [-0.2, 0) is 23.1 Å². The number of rotatable bonds is 3. The number of halogens is 2. The largest absolute Gasteiger partial charge is 0.504 e. The molecule has 2 aliphatic carbocycles. The lowest BCUT2D eigenvalue weighted by Crippen LogP contribution is -2.77. The van der Waals surface area contributed by atoms with Crippen LogP contribution in [0.25, 0.3) is 0 Å². The summed E-state index contributed by atoms with van der Waals surface area (Å²) >= 11 is 12.2. The van der Waals surface area contributed by atoms with Crippen molar-refractivity contribution in [3.63, 3.8) is 0 Å². The molecule has 0 aromatic heterocycles. The van der Waals surface area contributed by atoms with Crippen LogP contribution in [0.4, 0.5) is 0 Å². The maximum atomic E-state index is 13.4. The molecule has 2 aromatic rings. The van der Waals surface area contributed by atoms with Crippen LogP contribution in [0.15, 0.2) is 30.3 Å². The number of piperidine rings is 1. The van der Waals surface area contributed by atoms with Gasteiger partial charge in [-0.3, -0.25) is 4.79 Å². The van der Waals surface area contributed by atoms with Crippen molar-refractivity contribution in [2.75, 3.05) is 20.6 Å². The van der Waals surface area contributed by atoms with E-state index in [0.29, 0.717) is 28.6 Å². The van der Waals surface area contributed by atoms with Crippen molar-refractivity contribution >= 4 is 29.1 Å². The molecule has 2 bridgehead atoms. The Bertz CT molecular complexity index is 1210. The number of phenols is 1. The Labute approximate surface area is 209 Å². The predicted molar refractivity (Wildman–Crippen MR) is 130 cm³/mol. The van der Waals surface area contributed by atoms with Crippen LogP contribution in [-0.4, -0.2) is 70.3 Å². The molecule has 2 aliphatic heterocycles. The molecule has 6 nitrogen and oxygen atoms in total. The zero-order valence-corrected chi connectivity index (χ0v) is 20.7. The third-order valence-corrected chi connectivity index (χ3v) is 9.67. The van der Waals surface area contributed by atoms with E-state index in [1.165, 1.54) is 0 Å². The topological polar surface area (TPSA) is 73.2 Å². The highest BCUT2D eigenvalue weighted by Crippen LogP contribution is 2.65. The molecule has 1 saturated carbocycles. The van der Waals surface area contributed by atoms with E-state index in [1.54, 1.807) is 23.1 Å². The van der Waals surface area contributed by atoms with Crippen LogP contribution in [0.3, 0.4) is 0 Å². The van der Waals surface area contributed by atoms with Gasteiger partial charge in [0.05, 0.1) is 33.5 Å². The predicted octanol–water partition coefficient (Wildman–Crippen LogP) is 3.55. The van der Waals surface area contributed by atoms with E-state index in [9.17, 15) is 15.0 Å². The van der Waals surface area contributed by atoms with Gasteiger partial charge < -0.3 is 24.7 Å². The Balaban J connectivity index is 1.38. The number of ether oxygens (including phenoxy) is 1. The molecule has 180 valence electrons. The maximum Gasteiger partial charge on any atom is 0.227 e. The second kappa shape index (κ2) is 7.50. The second-order valence-electron chi connectivity index (χ2n) is 10.4. The lowest BCUT2D eigenvalue weighted by molar-refractivity contribution is -0.196. The van der Waals surface area contributed by atoms with Crippen LogP contribution in [0.5, 0.6) is 11.5 Å². The molecule has 2 N–H and O–H groups in total. The molecule has 4 aliphatic rings. The van der Waals surface area contributed by atoms with Crippen molar-refractivity contribution in [3.8, 4) is 11.5 Å². The number of aliphatic hydroxyl groups is 1. The van der Waals surface area contributed by atoms with Crippen LogP contribution < -0.4 is 4.74 Å². The number of carbonyl (C=O) groups excluding carboxylic acids is 1. The van der Waals surface area contributed by atoms with Gasteiger partial charge >= 0.3 is 0 Å². The fourth-order valence-corrected chi connectivity index (χ4v) is 7.58. The normalized spacial score (nSPS) is 33.3. The zero-order chi connectivity index (χ0) is 24.0. The highest BCUT2D eigenvalue weighted by Gasteiger charge is 2.73. The zero-order valence-electron chi connectivity index (χ0n) is 19.2. The van der Waals surface area contributed by atoms with Gasteiger partial charge in [0.15, 0.2) is 11.5 Å². The highest BCUT2D eigenvalue weighted by molar-refractivity contribution is 6.42. The van der Waals surface area contributed by atoms with Crippen LogP contribution in [0.2, 0.25) is 10.0 Å². The van der Waals surface area contributed by atoms with Gasteiger partial charge in [-0.05, 0) is 68.6 Å². The van der Waals surface area contributed by atoms with Gasteiger partial charge in [-0.15, -0.1) is 0 Å². The van der Waals surface area contributed by atoms with Crippen molar-refractivity contribution in [3.05, 3.63) is 57.1 Å². The molecule has 0 unspecified atom stereocenters. The number of amides is 1. The second-order valence-corrected chi connectivity index (χ2v) is 11.2. The smallest absolute Gasteiger partial charge is 0.227 e. The maximum absolute atomic E-state index is 13.4. The molecule has 6 rings (SSSR count). The highest BCUT2D eigenvalue weighted by atomic mass is 35.5. The summed E-state index contributed by atoms with van der Waals surface area (Å²) in [6.07, 6.45) is 2.42. The SMILES string of the molecule is CN1CC[C@]23c4c5ccc(O)c4O[C@H]2[C@@H](N(C)C(=O)Cc2ccc(Cl)c(Cl)c2)CC[C@@]3(O)[C@H]1C5. The van der Waals surface area contributed by atoms with E-state index < -0.39 is 17.1 Å². The fourth-order valence-electron chi connectivity index (χ4n) is 7.26. The number of carbonyl (C=O) groups is 1. The van der Waals surface area contributed by atoms with Gasteiger partial charge in [-0.25, -0.2) is 0 Å². The molecule has 2 aromatic carbocycles. The van der Waals surface area contributed by atoms with Gasteiger partial charge in [-0.1, -0.05) is 35.3 Å². The van der Waals surface area contributed by atoms with E-state index in [1.807, 2.05) is 19.2 Å². The molecule has 2 heterocycles. The van der Waals surface area contributed by atoms with Crippen LogP contribution in [0.1, 0.15) is 36.0 Å². The average Bonchev–Trinajstić information content (AvgIpc) is 3.16. The van der Waals surface area contributed by atoms with E-state index >= 15 is 0 Å². The van der Waals surface area contributed by atoms with E-state index in [-0.39, 0.29) is 30.2 Å². The summed E-state index contributed by atoms with van der Waals surface area (Å²) in [5.74, 6) is 0.543. The lowest BCUT2D eigenvalue weighted by Gasteiger charge is -2.64. The Morgan fingerprint density at radius 2 is 2.03 bits per heavy atom. The summed E-state index contributed by atoms with van der Waals surface area (Å²) in [7, 11) is 3.89. The quantitative estimate of drug-likeness (QED) is 0.671. The standard InChI is InChI=1S/C26H28Cl2N2O4/c1-29-10-9-25-22-15-4-6-19(31)23(22)34-24(25)18(7-8-26(25,33)20(29)13-15)30(2)21(32)12-14-3-5-16(27)17(28)11-14/h3-6,11,18,20,24,31,33H,7-10,12-13H2,1-2H3/t18-,20+,24-,25-,26+/m0/s1. The van der Waals surface area contributed by atoms with Gasteiger partial charge in [0.25, 0.3) is 0 Å². The molecular weight excluding hydrogens is 475 g/mol. The molecule has 0 radical (unpaired) electrons. The monoisotopic (exact) mass is 502 g/mol. The number of nitrogens with zero attached hydrogens (tertiary/aromatic N) is 2. The Morgan fingerprint density at radius 1 is 1.24 bits per heavy atom. The number of likely N-dealkylation sites (tertiary alicyclic amines) is 1. The van der Waals surface area contributed by atoms with Gasteiger partial charge in [0.2, 0.25) is 5.91 Å². The van der Waals surface area contributed by atoms with Gasteiger partial charge in [0.1, 0.15) is 6.10 Å². The summed E-state index contributed by atoms with van der Waals surface area (Å²) < 4.78 is 6.52. The summed E-state index contributed by atoms with van der Waals surface area (Å²) in [5.41, 5.74) is 1.26. The van der Waals surface area contributed by atoms with Crippen molar-refractivity contribution in [1.29, 1.82) is 0 Å². The third kappa shape index (κ3) is 2.80. The van der Waals surface area contributed by atoms with Crippen molar-refractivity contribution in [2.24, 2.45) is 0 Å². The fraction of sp³-hybridized carbons (Fsp3) is 0.500. The Hall–Kier alpha value is -1.99. The molecule has 1 spiro atoms. The molecular formula is C26H28Cl2N2O4. The molecule has 34 heavy (non-hydrogen) atoms. The van der Waals surface area contributed by atoms with Gasteiger partial charge in [0, 0.05) is 18.7 Å². The number of hydrogen-bond acceptors (Lipinski definition) is 5. The minimum atomic E-state index is -0.971. The molecule has 1 amide bonds. The number of phenolic OH excluding ortho intramolecular Hbond substituents is 1. The Morgan fingerprint density at radius 3 is 2.79 bits per heavy atom. The summed E-state index contributed by atoms with van der Waals surface area (Å²) in [6.45, 7) is 0.828. The van der Waals surface area contributed by atoms with Crippen molar-refractivity contribution < 1.29 is 19.7 Å². The first-order chi connectivity index (χ1) is 16.2. The number of aromatic hydroxyl groups is 1. The van der Waals surface area contributed by atoms with E-state index in [4.69, 9.17) is 27.9 Å². The van der Waals surface area contributed by atoms with Crippen LogP contribution in [0, 0.1) is 0 Å². The third-order valence-electron chi connectivity index (χ3n) is 8.93. The van der Waals surface area contributed by atoms with E-state index in [2.05, 4.69) is 11.9 Å². The minimum absolute atomic E-state index is 0.0199. The first-order valence-electron chi connectivity index (χ1n) is 11.8. The van der Waals surface area contributed by atoms with Crippen LogP contribution >= 0.6 is 23.2 Å². The first-order valence-corrected chi connectivity index (χ1v) is 12.6. The molecule has 1 saturated heterocycles. The average molecular weight is 503 g/mol. The minimum Gasteiger partial charge on any atom is -0.504 e. The number of likely N-dealkylation sites (N-methyl/N-ethyl adjacent to an activating group) is 2.